The molecule has 0 heterocycles. The fourth-order valence-corrected chi connectivity index (χ4v) is 1.86. The zero-order valence-electron chi connectivity index (χ0n) is 10.6. The number of hydrogen-bond donors (Lipinski definition) is 2. The van der Waals surface area contributed by atoms with Gasteiger partial charge in [0.25, 0.3) is 0 Å². The number of nitrogens with zero attached hydrogens (tertiary/aromatic N) is 3. The van der Waals surface area contributed by atoms with Crippen molar-refractivity contribution in [2.45, 2.75) is 19.9 Å². The molecule has 0 aliphatic rings. The predicted octanol–water partition coefficient (Wildman–Crippen LogP) is 1.73. The highest BCUT2D eigenvalue weighted by molar-refractivity contribution is 5.81. The predicted molar refractivity (Wildman–Crippen MR) is 69.9 cm³/mol. The Balaban J connectivity index is 2.83. The van der Waals surface area contributed by atoms with Crippen LogP contribution in [-0.4, -0.2) is 19.0 Å². The Morgan fingerprint density at radius 3 is 2.56 bits per heavy atom. The summed E-state index contributed by atoms with van der Waals surface area (Å²) >= 11 is 0. The minimum atomic E-state index is -0.558. The molecule has 1 unspecified atom stereocenters. The number of hydrogen-bond acceptors (Lipinski definition) is 3. The number of amides is 1. The molecule has 18 heavy (non-hydrogen) atoms. The topological polar surface area (TPSA) is 104 Å². The molecular weight excluding hydrogens is 230 g/mol. The van der Waals surface area contributed by atoms with Crippen LogP contribution in [0.15, 0.2) is 23.3 Å². The van der Waals surface area contributed by atoms with E-state index in [9.17, 15) is 4.79 Å². The van der Waals surface area contributed by atoms with Crippen molar-refractivity contribution in [1.82, 2.24) is 5.32 Å². The molecule has 0 saturated heterocycles. The normalized spacial score (nSPS) is 11.7. The first-order valence-corrected chi connectivity index (χ1v) is 5.66. The van der Waals surface area contributed by atoms with Gasteiger partial charge < -0.3 is 11.1 Å². The largest absolute Gasteiger partial charge is 0.368 e. The van der Waals surface area contributed by atoms with Crippen molar-refractivity contribution in [2.75, 3.05) is 13.1 Å². The SMILES string of the molecule is Cc1cc(C)cc(C(NCCN=[N+]=[N-])C(N)=O)c1. The van der Waals surface area contributed by atoms with Gasteiger partial charge in [0.2, 0.25) is 5.91 Å². The molecule has 3 N–H and O–H groups in total. The molecule has 1 aromatic carbocycles. The zero-order valence-corrected chi connectivity index (χ0v) is 10.6. The molecule has 0 aliphatic carbocycles. The molecule has 1 amide bonds. The van der Waals surface area contributed by atoms with Crippen LogP contribution in [0.2, 0.25) is 0 Å². The summed E-state index contributed by atoms with van der Waals surface area (Å²) in [5.41, 5.74) is 16.5. The summed E-state index contributed by atoms with van der Waals surface area (Å²) in [7, 11) is 0. The zero-order chi connectivity index (χ0) is 13.5. The minimum Gasteiger partial charge on any atom is -0.368 e. The third-order valence-corrected chi connectivity index (χ3v) is 2.49. The van der Waals surface area contributed by atoms with Gasteiger partial charge in [-0.1, -0.05) is 34.4 Å². The van der Waals surface area contributed by atoms with Crippen molar-refractivity contribution in [3.05, 3.63) is 45.3 Å². The number of carbonyl (C=O) groups excluding carboxylic acids is 1. The molecule has 0 aromatic heterocycles. The molecule has 0 aliphatic heterocycles. The third-order valence-electron chi connectivity index (χ3n) is 2.49. The highest BCUT2D eigenvalue weighted by atomic mass is 16.1. The van der Waals surface area contributed by atoms with E-state index in [0.29, 0.717) is 6.54 Å². The number of benzene rings is 1. The molecule has 6 heteroatoms. The van der Waals surface area contributed by atoms with Crippen molar-refractivity contribution in [3.63, 3.8) is 0 Å². The van der Waals surface area contributed by atoms with E-state index in [1.165, 1.54) is 0 Å². The molecule has 0 radical (unpaired) electrons. The van der Waals surface area contributed by atoms with Crippen LogP contribution >= 0.6 is 0 Å². The lowest BCUT2D eigenvalue weighted by Crippen LogP contribution is -2.35. The number of aryl methyl sites for hydroxylation is 2. The monoisotopic (exact) mass is 247 g/mol. The van der Waals surface area contributed by atoms with Gasteiger partial charge in [-0.2, -0.15) is 0 Å². The first kappa shape index (κ1) is 14.0. The number of carbonyl (C=O) groups is 1. The molecule has 0 spiro atoms. The Kier molecular flexibility index (Phi) is 5.17. The Morgan fingerprint density at radius 2 is 2.06 bits per heavy atom. The molecule has 96 valence electrons. The third kappa shape index (κ3) is 4.08. The number of nitrogens with one attached hydrogen (secondary N) is 1. The van der Waals surface area contributed by atoms with E-state index in [4.69, 9.17) is 11.3 Å². The number of azide groups is 1. The van der Waals surface area contributed by atoms with Gasteiger partial charge in [-0.25, -0.2) is 0 Å². The van der Waals surface area contributed by atoms with Crippen molar-refractivity contribution in [1.29, 1.82) is 0 Å². The van der Waals surface area contributed by atoms with Crippen LogP contribution in [0.5, 0.6) is 0 Å². The molecule has 6 nitrogen and oxygen atoms in total. The second kappa shape index (κ2) is 6.64. The van der Waals surface area contributed by atoms with E-state index >= 15 is 0 Å². The van der Waals surface area contributed by atoms with Gasteiger partial charge >= 0.3 is 0 Å². The van der Waals surface area contributed by atoms with Gasteiger partial charge in [-0.15, -0.1) is 0 Å². The van der Waals surface area contributed by atoms with E-state index in [-0.39, 0.29) is 6.54 Å². The maximum Gasteiger partial charge on any atom is 0.239 e. The average molecular weight is 247 g/mol. The summed E-state index contributed by atoms with van der Waals surface area (Å²) in [6, 6.07) is 5.31. The first-order chi connectivity index (χ1) is 8.54. The standard InChI is InChI=1S/C12H17N5O/c1-8-5-9(2)7-10(6-8)11(12(13)18)15-3-4-16-17-14/h5-7,11,15H,3-4H2,1-2H3,(H2,13,18). The summed E-state index contributed by atoms with van der Waals surface area (Å²) < 4.78 is 0. The van der Waals surface area contributed by atoms with Crippen LogP contribution < -0.4 is 11.1 Å². The molecule has 0 saturated carbocycles. The van der Waals surface area contributed by atoms with Crippen molar-refractivity contribution in [3.8, 4) is 0 Å². The lowest BCUT2D eigenvalue weighted by molar-refractivity contribution is -0.120. The van der Waals surface area contributed by atoms with Gasteiger partial charge in [0, 0.05) is 18.0 Å². The first-order valence-electron chi connectivity index (χ1n) is 5.66. The van der Waals surface area contributed by atoms with E-state index in [2.05, 4.69) is 15.3 Å². The molecule has 0 fully saturated rings. The van der Waals surface area contributed by atoms with E-state index in [0.717, 1.165) is 16.7 Å². The number of nitrogens with two attached hydrogens (primary N) is 1. The van der Waals surface area contributed by atoms with Gasteiger partial charge in [-0.3, -0.25) is 4.79 Å². The van der Waals surface area contributed by atoms with Crippen molar-refractivity contribution in [2.24, 2.45) is 10.8 Å². The quantitative estimate of drug-likeness (QED) is 0.346. The number of primary amides is 1. The lowest BCUT2D eigenvalue weighted by Gasteiger charge is -2.16. The van der Waals surface area contributed by atoms with Crippen LogP contribution in [0, 0.1) is 13.8 Å². The second-order valence-corrected chi connectivity index (χ2v) is 4.17. The summed E-state index contributed by atoms with van der Waals surface area (Å²) in [4.78, 5) is 14.1. The Hall–Kier alpha value is -2.04. The van der Waals surface area contributed by atoms with Gasteiger partial charge in [-0.05, 0) is 24.9 Å². The maximum atomic E-state index is 11.4. The van der Waals surface area contributed by atoms with Crippen LogP contribution in [0.3, 0.4) is 0 Å². The molecular formula is C12H17N5O. The van der Waals surface area contributed by atoms with Crippen LogP contribution in [0.4, 0.5) is 0 Å². The average Bonchev–Trinajstić information content (AvgIpc) is 2.27. The van der Waals surface area contributed by atoms with Gasteiger partial charge in [0.1, 0.15) is 6.04 Å². The highest BCUT2D eigenvalue weighted by Gasteiger charge is 2.17. The Bertz CT molecular complexity index is 459. The van der Waals surface area contributed by atoms with Crippen LogP contribution in [0.25, 0.3) is 10.4 Å². The molecule has 1 aromatic rings. The maximum absolute atomic E-state index is 11.4. The fourth-order valence-electron chi connectivity index (χ4n) is 1.86. The molecule has 0 bridgehead atoms. The molecule has 1 rings (SSSR count). The van der Waals surface area contributed by atoms with Crippen LogP contribution in [-0.2, 0) is 4.79 Å². The Morgan fingerprint density at radius 1 is 1.44 bits per heavy atom. The summed E-state index contributed by atoms with van der Waals surface area (Å²) in [6.45, 7) is 4.62. The summed E-state index contributed by atoms with van der Waals surface area (Å²) in [6.07, 6.45) is 0. The van der Waals surface area contributed by atoms with E-state index < -0.39 is 11.9 Å². The van der Waals surface area contributed by atoms with E-state index in [1.54, 1.807) is 0 Å². The van der Waals surface area contributed by atoms with Crippen LogP contribution in [0.1, 0.15) is 22.7 Å². The minimum absolute atomic E-state index is 0.283. The number of rotatable bonds is 6. The van der Waals surface area contributed by atoms with Crippen molar-refractivity contribution < 1.29 is 4.79 Å². The van der Waals surface area contributed by atoms with Gasteiger partial charge in [0.05, 0.1) is 0 Å². The molecule has 1 atom stereocenters. The van der Waals surface area contributed by atoms with Crippen molar-refractivity contribution >= 4 is 5.91 Å². The van der Waals surface area contributed by atoms with Gasteiger partial charge in [0.15, 0.2) is 0 Å². The Labute approximate surface area is 106 Å². The van der Waals surface area contributed by atoms with E-state index in [1.807, 2.05) is 32.0 Å². The smallest absolute Gasteiger partial charge is 0.239 e. The summed E-state index contributed by atoms with van der Waals surface area (Å²) in [5.74, 6) is -0.444. The lowest BCUT2D eigenvalue weighted by atomic mass is 10.0. The fraction of sp³-hybridized carbons (Fsp3) is 0.417. The second-order valence-electron chi connectivity index (χ2n) is 4.17. The summed E-state index contributed by atoms with van der Waals surface area (Å²) in [5, 5.41) is 6.38. The highest BCUT2D eigenvalue weighted by Crippen LogP contribution is 2.16.